The minimum absolute atomic E-state index is 0.355. The number of thiazole rings is 1. The summed E-state index contributed by atoms with van der Waals surface area (Å²) in [6, 6.07) is 13.9. The van der Waals surface area contributed by atoms with E-state index in [0.717, 1.165) is 29.1 Å². The van der Waals surface area contributed by atoms with Gasteiger partial charge < -0.3 is 14.7 Å². The van der Waals surface area contributed by atoms with E-state index in [2.05, 4.69) is 4.74 Å². The quantitative estimate of drug-likeness (QED) is 0.381. The summed E-state index contributed by atoms with van der Waals surface area (Å²) in [5, 5.41) is 12.6. The zero-order chi connectivity index (χ0) is 22.7. The molecule has 0 radical (unpaired) electrons. The molecule has 1 saturated carbocycles. The highest BCUT2D eigenvalue weighted by Crippen LogP contribution is 2.41. The maximum absolute atomic E-state index is 13.2. The number of aliphatic hydroxyl groups is 1. The second-order valence-corrected chi connectivity index (χ2v) is 9.25. The standard InChI is InChI=1S/C24H23ClN2O4S/c1-31-21(29)12-11-20(28)27(14-15-9-10-15)22(23(30)16-5-4-6-17(25)13-16)24-26-18-7-2-3-8-19(18)32-24/h2-8,11-13,15,22-23,30H,9-10,14H2,1H3/t22-,23+/m0/s1. The number of methoxy groups -OCH3 is 1. The van der Waals surface area contributed by atoms with Crippen LogP contribution in [0.1, 0.15) is 35.6 Å². The van der Waals surface area contributed by atoms with Gasteiger partial charge in [0.15, 0.2) is 0 Å². The molecule has 0 saturated heterocycles. The van der Waals surface area contributed by atoms with E-state index in [1.165, 1.54) is 24.5 Å². The van der Waals surface area contributed by atoms with Crippen molar-refractivity contribution in [3.05, 3.63) is 76.3 Å². The Bertz CT molecular complexity index is 1120. The molecule has 2 atom stereocenters. The van der Waals surface area contributed by atoms with Gasteiger partial charge in [0.25, 0.3) is 0 Å². The van der Waals surface area contributed by atoms with Crippen molar-refractivity contribution in [2.24, 2.45) is 5.92 Å². The van der Waals surface area contributed by atoms with Gasteiger partial charge in [0.2, 0.25) is 5.91 Å². The molecule has 3 aromatic rings. The molecule has 4 rings (SSSR count). The molecule has 2 aromatic carbocycles. The number of amides is 1. The smallest absolute Gasteiger partial charge is 0.330 e. The van der Waals surface area contributed by atoms with Crippen molar-refractivity contribution in [1.29, 1.82) is 0 Å². The number of rotatable bonds is 8. The van der Waals surface area contributed by atoms with E-state index in [1.807, 2.05) is 24.3 Å². The number of carbonyl (C=O) groups is 2. The van der Waals surface area contributed by atoms with E-state index in [-0.39, 0.29) is 5.91 Å². The van der Waals surface area contributed by atoms with Crippen LogP contribution in [0.15, 0.2) is 60.7 Å². The molecule has 0 unspecified atom stereocenters. The highest BCUT2D eigenvalue weighted by molar-refractivity contribution is 7.18. The van der Waals surface area contributed by atoms with Crippen molar-refractivity contribution >= 4 is 45.0 Å². The zero-order valence-corrected chi connectivity index (χ0v) is 19.1. The van der Waals surface area contributed by atoms with Crippen LogP contribution in [0.4, 0.5) is 0 Å². The Morgan fingerprint density at radius 1 is 1.25 bits per heavy atom. The Morgan fingerprint density at radius 2 is 2.03 bits per heavy atom. The number of hydrogen-bond donors (Lipinski definition) is 1. The highest BCUT2D eigenvalue weighted by atomic mass is 35.5. The Hall–Kier alpha value is -2.74. The Labute approximate surface area is 195 Å². The largest absolute Gasteiger partial charge is 0.466 e. The van der Waals surface area contributed by atoms with Gasteiger partial charge in [-0.1, -0.05) is 35.9 Å². The number of benzene rings is 2. The normalized spacial score (nSPS) is 15.6. The van der Waals surface area contributed by atoms with Crippen LogP contribution in [-0.4, -0.2) is 40.5 Å². The Balaban J connectivity index is 1.78. The molecular weight excluding hydrogens is 448 g/mol. The van der Waals surface area contributed by atoms with E-state index in [4.69, 9.17) is 16.6 Å². The van der Waals surface area contributed by atoms with Crippen LogP contribution >= 0.6 is 22.9 Å². The summed E-state index contributed by atoms with van der Waals surface area (Å²) in [6.45, 7) is 0.461. The van der Waals surface area contributed by atoms with Gasteiger partial charge in [-0.15, -0.1) is 11.3 Å². The van der Waals surface area contributed by atoms with Crippen LogP contribution in [0.25, 0.3) is 10.2 Å². The van der Waals surface area contributed by atoms with E-state index in [0.29, 0.717) is 28.1 Å². The van der Waals surface area contributed by atoms with E-state index in [1.54, 1.807) is 29.2 Å². The predicted octanol–water partition coefficient (Wildman–Crippen LogP) is 4.69. The average molecular weight is 471 g/mol. The number of esters is 1. The summed E-state index contributed by atoms with van der Waals surface area (Å²) in [4.78, 5) is 31.2. The molecule has 166 valence electrons. The molecule has 1 amide bonds. The molecule has 0 bridgehead atoms. The van der Waals surface area contributed by atoms with E-state index in [9.17, 15) is 14.7 Å². The van der Waals surface area contributed by atoms with Crippen molar-refractivity contribution in [1.82, 2.24) is 9.88 Å². The number of nitrogens with zero attached hydrogens (tertiary/aromatic N) is 2. The summed E-state index contributed by atoms with van der Waals surface area (Å²) >= 11 is 7.61. The van der Waals surface area contributed by atoms with Gasteiger partial charge in [-0.3, -0.25) is 4.79 Å². The van der Waals surface area contributed by atoms with Gasteiger partial charge >= 0.3 is 5.97 Å². The molecular formula is C24H23ClN2O4S. The van der Waals surface area contributed by atoms with Crippen LogP contribution in [0.2, 0.25) is 5.02 Å². The molecule has 0 spiro atoms. The lowest BCUT2D eigenvalue weighted by atomic mass is 10.0. The summed E-state index contributed by atoms with van der Waals surface area (Å²) in [6.07, 6.45) is 3.28. The van der Waals surface area contributed by atoms with Crippen LogP contribution in [0.3, 0.4) is 0 Å². The Morgan fingerprint density at radius 3 is 2.72 bits per heavy atom. The number of fused-ring (bicyclic) bond motifs is 1. The number of ether oxygens (including phenoxy) is 1. The SMILES string of the molecule is COC(=O)C=CC(=O)N(CC1CC1)[C@H](c1nc2ccccc2s1)[C@H](O)c1cccc(Cl)c1. The lowest BCUT2D eigenvalue weighted by Gasteiger charge is -2.33. The maximum Gasteiger partial charge on any atom is 0.330 e. The van der Waals surface area contributed by atoms with E-state index < -0.39 is 18.1 Å². The number of para-hydroxylation sites is 1. The van der Waals surface area contributed by atoms with Gasteiger partial charge in [0.05, 0.1) is 17.3 Å². The predicted molar refractivity (Wildman–Crippen MR) is 124 cm³/mol. The monoisotopic (exact) mass is 470 g/mol. The molecule has 1 heterocycles. The van der Waals surface area contributed by atoms with Crippen molar-refractivity contribution in [3.63, 3.8) is 0 Å². The third-order valence-corrected chi connectivity index (χ3v) is 6.73. The molecule has 1 aliphatic rings. The number of carbonyl (C=O) groups excluding carboxylic acids is 2. The molecule has 1 aromatic heterocycles. The molecule has 1 N–H and O–H groups in total. The van der Waals surface area contributed by atoms with Crippen LogP contribution in [-0.2, 0) is 14.3 Å². The fourth-order valence-electron chi connectivity index (χ4n) is 3.55. The summed E-state index contributed by atoms with van der Waals surface area (Å²) in [5.74, 6) is -0.641. The van der Waals surface area contributed by atoms with Gasteiger partial charge in [-0.05, 0) is 48.6 Å². The third kappa shape index (κ3) is 5.18. The Kier molecular flexibility index (Phi) is 6.89. The molecule has 1 aliphatic carbocycles. The molecule has 32 heavy (non-hydrogen) atoms. The van der Waals surface area contributed by atoms with Gasteiger partial charge in [-0.2, -0.15) is 0 Å². The fraction of sp³-hybridized carbons (Fsp3) is 0.292. The highest BCUT2D eigenvalue weighted by Gasteiger charge is 2.37. The van der Waals surface area contributed by atoms with Gasteiger partial charge in [0.1, 0.15) is 17.2 Å². The fourth-order valence-corrected chi connectivity index (χ4v) is 4.86. The first-order valence-corrected chi connectivity index (χ1v) is 11.5. The number of aromatic nitrogens is 1. The lowest BCUT2D eigenvalue weighted by Crippen LogP contribution is -2.38. The van der Waals surface area contributed by atoms with Crippen LogP contribution < -0.4 is 0 Å². The minimum Gasteiger partial charge on any atom is -0.466 e. The summed E-state index contributed by atoms with van der Waals surface area (Å²) in [7, 11) is 1.26. The van der Waals surface area contributed by atoms with Crippen LogP contribution in [0.5, 0.6) is 0 Å². The minimum atomic E-state index is -1.05. The summed E-state index contributed by atoms with van der Waals surface area (Å²) in [5.41, 5.74) is 1.40. The average Bonchev–Trinajstić information content (AvgIpc) is 3.52. The molecule has 6 nitrogen and oxygen atoms in total. The molecule has 0 aliphatic heterocycles. The number of halogens is 1. The van der Waals surface area contributed by atoms with Crippen molar-refractivity contribution in [2.75, 3.05) is 13.7 Å². The van der Waals surface area contributed by atoms with Crippen molar-refractivity contribution in [3.8, 4) is 0 Å². The molecule has 8 heteroatoms. The first-order chi connectivity index (χ1) is 15.5. The number of aliphatic hydroxyl groups excluding tert-OH is 1. The number of hydrogen-bond acceptors (Lipinski definition) is 6. The first kappa shape index (κ1) is 22.5. The topological polar surface area (TPSA) is 79.7 Å². The van der Waals surface area contributed by atoms with Gasteiger partial charge in [0, 0.05) is 23.7 Å². The van der Waals surface area contributed by atoms with Gasteiger partial charge in [-0.25, -0.2) is 9.78 Å². The molecule has 1 fully saturated rings. The van der Waals surface area contributed by atoms with Crippen LogP contribution in [0, 0.1) is 5.92 Å². The lowest BCUT2D eigenvalue weighted by molar-refractivity contribution is -0.136. The third-order valence-electron chi connectivity index (χ3n) is 5.39. The van der Waals surface area contributed by atoms with Crippen molar-refractivity contribution < 1.29 is 19.4 Å². The van der Waals surface area contributed by atoms with Crippen molar-refractivity contribution in [2.45, 2.75) is 25.0 Å². The second kappa shape index (κ2) is 9.81. The van der Waals surface area contributed by atoms with E-state index >= 15 is 0 Å². The first-order valence-electron chi connectivity index (χ1n) is 10.3. The second-order valence-electron chi connectivity index (χ2n) is 7.75. The zero-order valence-electron chi connectivity index (χ0n) is 17.5. The summed E-state index contributed by atoms with van der Waals surface area (Å²) < 4.78 is 5.59. The maximum atomic E-state index is 13.2.